The third kappa shape index (κ3) is 3.90. The highest BCUT2D eigenvalue weighted by Crippen LogP contribution is 2.49. The van der Waals surface area contributed by atoms with E-state index >= 15 is 0 Å². The molecule has 7 aromatic rings. The Bertz CT molecular complexity index is 2100. The van der Waals surface area contributed by atoms with Gasteiger partial charge in [-0.3, -0.25) is 0 Å². The normalized spacial score (nSPS) is 13.3. The largest absolute Gasteiger partial charge is 0.355 e. The van der Waals surface area contributed by atoms with Crippen LogP contribution in [0.3, 0.4) is 0 Å². The van der Waals surface area contributed by atoms with E-state index in [4.69, 9.17) is 0 Å². The number of hydrogen-bond donors (Lipinski definition) is 1. The predicted molar refractivity (Wildman–Crippen MR) is 177 cm³/mol. The summed E-state index contributed by atoms with van der Waals surface area (Å²) in [6.07, 6.45) is 0. The summed E-state index contributed by atoms with van der Waals surface area (Å²) in [6.45, 7) is 4.66. The summed E-state index contributed by atoms with van der Waals surface area (Å²) in [6, 6.07) is 48.8. The Morgan fingerprint density at radius 2 is 1.20 bits per heavy atom. The smallest absolute Gasteiger partial charge is 0.0464 e. The van der Waals surface area contributed by atoms with Crippen LogP contribution >= 0.6 is 11.3 Å². The number of fused-ring (bicyclic) bond motifs is 6. The second-order valence-electron chi connectivity index (χ2n) is 11.5. The monoisotopic (exact) mass is 543 g/mol. The Labute approximate surface area is 244 Å². The molecule has 0 saturated carbocycles. The lowest BCUT2D eigenvalue weighted by Crippen LogP contribution is -2.15. The highest BCUT2D eigenvalue weighted by molar-refractivity contribution is 7.25. The molecule has 0 unspecified atom stereocenters. The van der Waals surface area contributed by atoms with E-state index in [2.05, 4.69) is 153 Å². The molecule has 1 aliphatic carbocycles. The Morgan fingerprint density at radius 3 is 2.10 bits per heavy atom. The van der Waals surface area contributed by atoms with Gasteiger partial charge in [0.1, 0.15) is 0 Å². The molecule has 0 amide bonds. The Balaban J connectivity index is 1.22. The van der Waals surface area contributed by atoms with Gasteiger partial charge in [0.2, 0.25) is 0 Å². The third-order valence-corrected chi connectivity index (χ3v) is 9.83. The molecule has 6 aromatic carbocycles. The van der Waals surface area contributed by atoms with E-state index in [9.17, 15) is 0 Å². The van der Waals surface area contributed by atoms with Crippen LogP contribution < -0.4 is 5.32 Å². The van der Waals surface area contributed by atoms with Crippen LogP contribution in [0.15, 0.2) is 133 Å². The molecule has 196 valence electrons. The van der Waals surface area contributed by atoms with Gasteiger partial charge in [-0.15, -0.1) is 11.3 Å². The van der Waals surface area contributed by atoms with Crippen molar-refractivity contribution in [3.8, 4) is 33.4 Å². The van der Waals surface area contributed by atoms with Crippen LogP contribution in [0, 0.1) is 0 Å². The lowest BCUT2D eigenvalue weighted by atomic mass is 9.82. The molecule has 0 saturated heterocycles. The topological polar surface area (TPSA) is 12.0 Å². The number of anilines is 2. The summed E-state index contributed by atoms with van der Waals surface area (Å²) in [5.74, 6) is 0. The molecule has 1 nitrogen and oxygen atoms in total. The van der Waals surface area contributed by atoms with Gasteiger partial charge in [0, 0.05) is 42.5 Å². The van der Waals surface area contributed by atoms with Gasteiger partial charge in [0.05, 0.1) is 0 Å². The molecular formula is C39H29NS. The fourth-order valence-electron chi connectivity index (χ4n) is 6.53. The van der Waals surface area contributed by atoms with E-state index in [0.29, 0.717) is 0 Å². The van der Waals surface area contributed by atoms with E-state index in [1.165, 1.54) is 64.7 Å². The zero-order valence-corrected chi connectivity index (χ0v) is 23.9. The first-order chi connectivity index (χ1) is 20.1. The van der Waals surface area contributed by atoms with Crippen LogP contribution in [-0.2, 0) is 5.41 Å². The first-order valence-electron chi connectivity index (χ1n) is 14.2. The van der Waals surface area contributed by atoms with Crippen LogP contribution in [0.2, 0.25) is 0 Å². The van der Waals surface area contributed by atoms with Gasteiger partial charge in [-0.05, 0) is 81.4 Å². The highest BCUT2D eigenvalue weighted by atomic mass is 32.1. The van der Waals surface area contributed by atoms with Crippen molar-refractivity contribution in [1.29, 1.82) is 0 Å². The van der Waals surface area contributed by atoms with E-state index in [1.54, 1.807) is 0 Å². The molecule has 41 heavy (non-hydrogen) atoms. The lowest BCUT2D eigenvalue weighted by Gasteiger charge is -2.22. The van der Waals surface area contributed by atoms with Crippen LogP contribution in [0.5, 0.6) is 0 Å². The number of benzene rings is 6. The fourth-order valence-corrected chi connectivity index (χ4v) is 7.62. The molecule has 1 N–H and O–H groups in total. The molecular weight excluding hydrogens is 515 g/mol. The summed E-state index contributed by atoms with van der Waals surface area (Å²) in [5, 5.41) is 6.45. The minimum atomic E-state index is -0.0276. The lowest BCUT2D eigenvalue weighted by molar-refractivity contribution is 0.660. The Kier molecular flexibility index (Phi) is 5.42. The van der Waals surface area contributed by atoms with E-state index in [1.807, 2.05) is 11.3 Å². The zero-order valence-electron chi connectivity index (χ0n) is 23.1. The second-order valence-corrected chi connectivity index (χ2v) is 12.6. The minimum absolute atomic E-state index is 0.0276. The molecule has 8 rings (SSSR count). The predicted octanol–water partition coefficient (Wildman–Crippen LogP) is 11.4. The first kappa shape index (κ1) is 24.2. The van der Waals surface area contributed by atoms with E-state index in [0.717, 1.165) is 11.4 Å². The molecule has 0 fully saturated rings. The molecule has 1 heterocycles. The summed E-state index contributed by atoms with van der Waals surface area (Å²) < 4.78 is 2.67. The van der Waals surface area contributed by atoms with Crippen molar-refractivity contribution in [3.63, 3.8) is 0 Å². The van der Waals surface area contributed by atoms with Crippen molar-refractivity contribution in [1.82, 2.24) is 0 Å². The van der Waals surface area contributed by atoms with Crippen molar-refractivity contribution < 1.29 is 0 Å². The number of rotatable bonds is 4. The maximum absolute atomic E-state index is 3.80. The van der Waals surface area contributed by atoms with Gasteiger partial charge in [-0.2, -0.15) is 0 Å². The average molecular weight is 544 g/mol. The number of hydrogen-bond acceptors (Lipinski definition) is 2. The Hall–Kier alpha value is -4.66. The molecule has 0 atom stereocenters. The molecule has 2 heteroatoms. The van der Waals surface area contributed by atoms with E-state index in [-0.39, 0.29) is 5.41 Å². The summed E-state index contributed by atoms with van der Waals surface area (Å²) >= 11 is 1.86. The quantitative estimate of drug-likeness (QED) is 0.233. The molecule has 0 spiro atoms. The summed E-state index contributed by atoms with van der Waals surface area (Å²) in [7, 11) is 0. The van der Waals surface area contributed by atoms with Crippen LogP contribution in [0.25, 0.3) is 53.6 Å². The van der Waals surface area contributed by atoms with Crippen molar-refractivity contribution >= 4 is 42.9 Å². The number of thiophene rings is 1. The van der Waals surface area contributed by atoms with Crippen molar-refractivity contribution in [2.45, 2.75) is 19.3 Å². The van der Waals surface area contributed by atoms with Gasteiger partial charge in [-0.25, -0.2) is 0 Å². The van der Waals surface area contributed by atoms with Crippen molar-refractivity contribution in [3.05, 3.63) is 145 Å². The van der Waals surface area contributed by atoms with Gasteiger partial charge in [-0.1, -0.05) is 105 Å². The van der Waals surface area contributed by atoms with Crippen molar-refractivity contribution in [2.24, 2.45) is 0 Å². The van der Waals surface area contributed by atoms with Gasteiger partial charge >= 0.3 is 0 Å². The first-order valence-corrected chi connectivity index (χ1v) is 15.0. The SMILES string of the molecule is CC1(C)c2ccccc2-c2ccc(Nc3ccc(-c4ccc5sc6ccccc6c5c4)cc3-c3ccccc3)cc21. The van der Waals surface area contributed by atoms with Crippen LogP contribution in [0.4, 0.5) is 11.4 Å². The average Bonchev–Trinajstić information content (AvgIpc) is 3.50. The molecule has 0 aliphatic heterocycles. The fraction of sp³-hybridized carbons (Fsp3) is 0.0769. The van der Waals surface area contributed by atoms with Crippen molar-refractivity contribution in [2.75, 3.05) is 5.32 Å². The maximum atomic E-state index is 3.80. The third-order valence-electron chi connectivity index (χ3n) is 8.68. The van der Waals surface area contributed by atoms with E-state index < -0.39 is 0 Å². The second kappa shape index (κ2) is 9.19. The molecule has 1 aromatic heterocycles. The Morgan fingerprint density at radius 1 is 0.488 bits per heavy atom. The van der Waals surface area contributed by atoms with Crippen LogP contribution in [0.1, 0.15) is 25.0 Å². The molecule has 0 radical (unpaired) electrons. The van der Waals surface area contributed by atoms with Gasteiger partial charge in [0.15, 0.2) is 0 Å². The summed E-state index contributed by atoms with van der Waals surface area (Å²) in [5.41, 5.74) is 12.5. The molecule has 1 aliphatic rings. The standard InChI is InChI=1S/C39H29NS/c1-39(2)34-14-8-6-12-29(34)30-19-18-28(24-35(30)39)40-36-20-16-26(22-32(36)25-10-4-3-5-11-25)27-17-21-38-33(23-27)31-13-7-9-15-37(31)41-38/h3-24,40H,1-2H3. The zero-order chi connectivity index (χ0) is 27.6. The maximum Gasteiger partial charge on any atom is 0.0464 e. The summed E-state index contributed by atoms with van der Waals surface area (Å²) in [4.78, 5) is 0. The van der Waals surface area contributed by atoms with Crippen LogP contribution in [-0.4, -0.2) is 0 Å². The van der Waals surface area contributed by atoms with Gasteiger partial charge < -0.3 is 5.32 Å². The van der Waals surface area contributed by atoms with Gasteiger partial charge in [0.25, 0.3) is 0 Å². The number of nitrogens with one attached hydrogen (secondary N) is 1. The molecule has 0 bridgehead atoms. The highest BCUT2D eigenvalue weighted by Gasteiger charge is 2.35. The minimum Gasteiger partial charge on any atom is -0.355 e.